The maximum absolute atomic E-state index is 14.4. The van der Waals surface area contributed by atoms with Crippen molar-refractivity contribution in [1.29, 1.82) is 0 Å². The molecule has 0 heterocycles. The molecule has 0 spiro atoms. The Balaban J connectivity index is 2.27. The predicted molar refractivity (Wildman–Crippen MR) is 81.3 cm³/mol. The first kappa shape index (κ1) is 16.7. The summed E-state index contributed by atoms with van der Waals surface area (Å²) in [5.41, 5.74) is 0.256. The van der Waals surface area contributed by atoms with Crippen molar-refractivity contribution in [2.45, 2.75) is 44.2 Å². The zero-order chi connectivity index (χ0) is 15.6. The molecule has 1 aromatic rings. The summed E-state index contributed by atoms with van der Waals surface area (Å²) >= 11 is 5.93. The van der Waals surface area contributed by atoms with E-state index in [1.165, 1.54) is 6.07 Å². The molecule has 1 aliphatic rings. The van der Waals surface area contributed by atoms with E-state index in [0.29, 0.717) is 12.5 Å². The molecule has 0 aromatic heterocycles. The van der Waals surface area contributed by atoms with Crippen molar-refractivity contribution in [2.75, 3.05) is 6.54 Å². The van der Waals surface area contributed by atoms with Crippen LogP contribution in [0.25, 0.3) is 0 Å². The minimum atomic E-state index is -3.88. The van der Waals surface area contributed by atoms with E-state index in [1.807, 2.05) is 6.92 Å². The summed E-state index contributed by atoms with van der Waals surface area (Å²) in [6, 6.07) is 2.50. The van der Waals surface area contributed by atoms with Crippen molar-refractivity contribution < 1.29 is 12.8 Å². The number of hydrogen-bond donors (Lipinski definition) is 2. The first-order chi connectivity index (χ1) is 9.83. The summed E-state index contributed by atoms with van der Waals surface area (Å²) in [7, 11) is -3.88. The fraction of sp³-hybridized carbons (Fsp3) is 0.571. The lowest BCUT2D eigenvalue weighted by atomic mass is 9.83. The van der Waals surface area contributed by atoms with Gasteiger partial charge in [0, 0.05) is 23.2 Å². The van der Waals surface area contributed by atoms with Crippen molar-refractivity contribution in [3.8, 4) is 0 Å². The van der Waals surface area contributed by atoms with Crippen molar-refractivity contribution in [3.05, 3.63) is 28.5 Å². The molecular weight excluding hydrogens is 315 g/mol. The van der Waals surface area contributed by atoms with Crippen LogP contribution in [-0.2, 0) is 16.6 Å². The standard InChI is InChI=1S/C14H20ClFN2O2S/c1-3-17-8-10-6-11(15)7-13(14(10)16)21(19,20)18-12-4-9(2)5-12/h6-7,9,12,17-18H,3-5,8H2,1-2H3. The second-order valence-corrected chi connectivity index (χ2v) is 7.67. The van der Waals surface area contributed by atoms with Gasteiger partial charge in [-0.1, -0.05) is 25.4 Å². The Morgan fingerprint density at radius 3 is 2.62 bits per heavy atom. The van der Waals surface area contributed by atoms with Gasteiger partial charge in [0.1, 0.15) is 10.7 Å². The third-order valence-corrected chi connectivity index (χ3v) is 5.37. The molecule has 0 aliphatic heterocycles. The van der Waals surface area contributed by atoms with Gasteiger partial charge < -0.3 is 5.32 Å². The van der Waals surface area contributed by atoms with Gasteiger partial charge in [-0.2, -0.15) is 0 Å². The third kappa shape index (κ3) is 3.94. The molecule has 1 aliphatic carbocycles. The van der Waals surface area contributed by atoms with Gasteiger partial charge >= 0.3 is 0 Å². The van der Waals surface area contributed by atoms with Gasteiger partial charge in [0.2, 0.25) is 10.0 Å². The highest BCUT2D eigenvalue weighted by Crippen LogP contribution is 2.29. The second-order valence-electron chi connectivity index (χ2n) is 5.55. The smallest absolute Gasteiger partial charge is 0.243 e. The van der Waals surface area contributed by atoms with Crippen LogP contribution in [0.4, 0.5) is 4.39 Å². The van der Waals surface area contributed by atoms with E-state index in [0.717, 1.165) is 18.9 Å². The summed E-state index contributed by atoms with van der Waals surface area (Å²) in [6.07, 6.45) is 1.57. The van der Waals surface area contributed by atoms with E-state index in [-0.39, 0.29) is 28.1 Å². The Bertz CT molecular complexity index is 616. The largest absolute Gasteiger partial charge is 0.313 e. The van der Waals surface area contributed by atoms with Crippen LogP contribution in [0.1, 0.15) is 32.3 Å². The molecule has 1 fully saturated rings. The monoisotopic (exact) mass is 334 g/mol. The third-order valence-electron chi connectivity index (χ3n) is 3.63. The van der Waals surface area contributed by atoms with E-state index < -0.39 is 15.8 Å². The summed E-state index contributed by atoms with van der Waals surface area (Å²) < 4.78 is 41.6. The fourth-order valence-corrected chi connectivity index (χ4v) is 4.20. The van der Waals surface area contributed by atoms with Crippen LogP contribution >= 0.6 is 11.6 Å². The number of rotatable bonds is 6. The van der Waals surface area contributed by atoms with Crippen LogP contribution < -0.4 is 10.0 Å². The molecule has 0 amide bonds. The summed E-state index contributed by atoms with van der Waals surface area (Å²) in [5, 5.41) is 3.18. The number of sulfonamides is 1. The summed E-state index contributed by atoms with van der Waals surface area (Å²) in [4.78, 5) is -0.373. The summed E-state index contributed by atoms with van der Waals surface area (Å²) in [6.45, 7) is 4.84. The molecule has 4 nitrogen and oxygen atoms in total. The number of nitrogens with one attached hydrogen (secondary N) is 2. The van der Waals surface area contributed by atoms with E-state index in [9.17, 15) is 12.8 Å². The Morgan fingerprint density at radius 2 is 2.05 bits per heavy atom. The number of hydrogen-bond acceptors (Lipinski definition) is 3. The zero-order valence-corrected chi connectivity index (χ0v) is 13.7. The predicted octanol–water partition coefficient (Wildman–Crippen LogP) is 2.67. The minimum Gasteiger partial charge on any atom is -0.313 e. The molecule has 1 aromatic carbocycles. The van der Waals surface area contributed by atoms with Crippen LogP contribution in [0.2, 0.25) is 5.02 Å². The van der Waals surface area contributed by atoms with Gasteiger partial charge in [0.15, 0.2) is 0 Å². The number of halogens is 2. The molecule has 2 N–H and O–H groups in total. The van der Waals surface area contributed by atoms with E-state index >= 15 is 0 Å². The molecular formula is C14H20ClFN2O2S. The minimum absolute atomic E-state index is 0.111. The molecule has 0 bridgehead atoms. The first-order valence-electron chi connectivity index (χ1n) is 7.04. The van der Waals surface area contributed by atoms with Crippen molar-refractivity contribution in [1.82, 2.24) is 10.0 Å². The van der Waals surface area contributed by atoms with Gasteiger partial charge in [0.05, 0.1) is 0 Å². The van der Waals surface area contributed by atoms with Crippen molar-refractivity contribution in [3.63, 3.8) is 0 Å². The lowest BCUT2D eigenvalue weighted by Crippen LogP contribution is -2.43. The Morgan fingerprint density at radius 1 is 1.38 bits per heavy atom. The van der Waals surface area contributed by atoms with Crippen LogP contribution in [0.15, 0.2) is 17.0 Å². The lowest BCUT2D eigenvalue weighted by Gasteiger charge is -2.33. The van der Waals surface area contributed by atoms with Crippen LogP contribution in [-0.4, -0.2) is 21.0 Å². The fourth-order valence-electron chi connectivity index (χ4n) is 2.48. The average molecular weight is 335 g/mol. The van der Waals surface area contributed by atoms with E-state index in [1.54, 1.807) is 0 Å². The van der Waals surface area contributed by atoms with E-state index in [4.69, 9.17) is 11.6 Å². The Hall–Kier alpha value is -0.690. The van der Waals surface area contributed by atoms with E-state index in [2.05, 4.69) is 17.0 Å². The highest BCUT2D eigenvalue weighted by atomic mass is 35.5. The molecule has 0 radical (unpaired) electrons. The van der Waals surface area contributed by atoms with Crippen LogP contribution in [0.5, 0.6) is 0 Å². The second kappa shape index (κ2) is 6.60. The molecule has 2 rings (SSSR count). The Kier molecular flexibility index (Phi) is 5.24. The quantitative estimate of drug-likeness (QED) is 0.841. The topological polar surface area (TPSA) is 58.2 Å². The molecule has 1 saturated carbocycles. The van der Waals surface area contributed by atoms with Gasteiger partial charge in [-0.25, -0.2) is 17.5 Å². The van der Waals surface area contributed by atoms with Gasteiger partial charge in [0.25, 0.3) is 0 Å². The summed E-state index contributed by atoms with van der Waals surface area (Å²) in [5.74, 6) is -0.230. The normalized spacial score (nSPS) is 22.1. The maximum Gasteiger partial charge on any atom is 0.243 e. The first-order valence-corrected chi connectivity index (χ1v) is 8.90. The van der Waals surface area contributed by atoms with Gasteiger partial charge in [-0.3, -0.25) is 0 Å². The average Bonchev–Trinajstić information content (AvgIpc) is 2.37. The molecule has 0 saturated heterocycles. The van der Waals surface area contributed by atoms with Gasteiger partial charge in [-0.15, -0.1) is 0 Å². The van der Waals surface area contributed by atoms with Gasteiger partial charge in [-0.05, 0) is 37.4 Å². The van der Waals surface area contributed by atoms with Crippen LogP contribution in [0, 0.1) is 11.7 Å². The molecule has 0 unspecified atom stereocenters. The van der Waals surface area contributed by atoms with Crippen molar-refractivity contribution in [2.24, 2.45) is 5.92 Å². The van der Waals surface area contributed by atoms with Crippen LogP contribution in [0.3, 0.4) is 0 Å². The Labute approximate surface area is 130 Å². The highest BCUT2D eigenvalue weighted by molar-refractivity contribution is 7.89. The molecule has 7 heteroatoms. The lowest BCUT2D eigenvalue weighted by molar-refractivity contribution is 0.270. The molecule has 0 atom stereocenters. The molecule has 118 valence electrons. The van der Waals surface area contributed by atoms with Crippen molar-refractivity contribution >= 4 is 21.6 Å². The number of benzene rings is 1. The molecule has 21 heavy (non-hydrogen) atoms. The SMILES string of the molecule is CCNCc1cc(Cl)cc(S(=O)(=O)NC2CC(C)C2)c1F. The maximum atomic E-state index is 14.4. The zero-order valence-electron chi connectivity index (χ0n) is 12.1. The highest BCUT2D eigenvalue weighted by Gasteiger charge is 2.31.